The molecule has 2 saturated heterocycles. The minimum Gasteiger partial charge on any atom is -0.356 e. The van der Waals surface area contributed by atoms with Gasteiger partial charge in [-0.1, -0.05) is 6.07 Å². The van der Waals surface area contributed by atoms with Crippen LogP contribution in [0.15, 0.2) is 24.4 Å². The Hall–Kier alpha value is -1.91. The van der Waals surface area contributed by atoms with E-state index in [1.807, 2.05) is 22.9 Å². The van der Waals surface area contributed by atoms with E-state index >= 15 is 0 Å². The molecule has 6 nitrogen and oxygen atoms in total. The van der Waals surface area contributed by atoms with Crippen molar-refractivity contribution in [1.82, 2.24) is 9.78 Å². The van der Waals surface area contributed by atoms with Gasteiger partial charge in [0, 0.05) is 12.0 Å². The predicted molar refractivity (Wildman–Crippen MR) is 93.8 cm³/mol. The van der Waals surface area contributed by atoms with Gasteiger partial charge in [-0.3, -0.25) is 0 Å². The van der Waals surface area contributed by atoms with Gasteiger partial charge < -0.3 is 4.74 Å². The average Bonchev–Trinajstić information content (AvgIpc) is 3.06. The number of rotatable bonds is 2. The van der Waals surface area contributed by atoms with Crippen LogP contribution in [0, 0.1) is 11.3 Å². The van der Waals surface area contributed by atoms with Gasteiger partial charge in [0.2, 0.25) is 0 Å². The first-order valence-corrected chi connectivity index (χ1v) is 10.6. The fourth-order valence-corrected chi connectivity index (χ4v) is 5.37. The highest BCUT2D eigenvalue weighted by Gasteiger charge is 2.39. The Morgan fingerprint density at radius 1 is 1.28 bits per heavy atom. The van der Waals surface area contributed by atoms with Crippen LogP contribution in [0.5, 0.6) is 0 Å². The maximum Gasteiger partial charge on any atom is 0.150 e. The van der Waals surface area contributed by atoms with E-state index in [0.29, 0.717) is 12.8 Å². The van der Waals surface area contributed by atoms with E-state index in [0.717, 1.165) is 42.3 Å². The zero-order valence-corrected chi connectivity index (χ0v) is 14.8. The molecular weight excluding hydrogens is 338 g/mol. The summed E-state index contributed by atoms with van der Waals surface area (Å²) >= 11 is 0. The molecule has 2 aliphatic heterocycles. The maximum atomic E-state index is 11.7. The first-order chi connectivity index (χ1) is 12.0. The van der Waals surface area contributed by atoms with E-state index in [9.17, 15) is 13.7 Å². The largest absolute Gasteiger partial charge is 0.356 e. The molecule has 25 heavy (non-hydrogen) atoms. The van der Waals surface area contributed by atoms with Crippen molar-refractivity contribution in [1.29, 1.82) is 5.26 Å². The van der Waals surface area contributed by atoms with Gasteiger partial charge in [0.1, 0.15) is 9.84 Å². The lowest BCUT2D eigenvalue weighted by Crippen LogP contribution is -2.35. The summed E-state index contributed by atoms with van der Waals surface area (Å²) in [5.74, 6) is 0.154. The second-order valence-electron chi connectivity index (χ2n) is 7.03. The number of nitriles is 1. The Morgan fingerprint density at radius 3 is 2.76 bits per heavy atom. The van der Waals surface area contributed by atoms with Crippen LogP contribution in [0.3, 0.4) is 0 Å². The molecule has 0 N–H and O–H groups in total. The van der Waals surface area contributed by atoms with Crippen molar-refractivity contribution in [3.8, 4) is 6.07 Å². The summed E-state index contributed by atoms with van der Waals surface area (Å²) in [7, 11) is -3.01. The highest BCUT2D eigenvalue weighted by atomic mass is 32.2. The zero-order chi connectivity index (χ0) is 17.5. The zero-order valence-electron chi connectivity index (χ0n) is 14.0. The van der Waals surface area contributed by atoms with Gasteiger partial charge in [0.25, 0.3) is 0 Å². The molecule has 0 radical (unpaired) electrons. The molecule has 4 rings (SSSR count). The number of ether oxygens (including phenoxy) is 1. The molecule has 2 aliphatic rings. The van der Waals surface area contributed by atoms with E-state index in [1.165, 1.54) is 0 Å². The topological polar surface area (TPSA) is 85.0 Å². The van der Waals surface area contributed by atoms with Crippen LogP contribution in [0.4, 0.5) is 0 Å². The monoisotopic (exact) mass is 359 g/mol. The number of nitrogens with zero attached hydrogens (tertiary/aromatic N) is 3. The third kappa shape index (κ3) is 2.94. The lowest BCUT2D eigenvalue weighted by molar-refractivity contribution is -0.0366. The molecule has 0 spiro atoms. The van der Waals surface area contributed by atoms with E-state index in [1.54, 1.807) is 6.20 Å². The van der Waals surface area contributed by atoms with Gasteiger partial charge in [-0.25, -0.2) is 13.1 Å². The lowest BCUT2D eigenvalue weighted by atomic mass is 9.76. The van der Waals surface area contributed by atoms with E-state index in [-0.39, 0.29) is 17.7 Å². The summed E-state index contributed by atoms with van der Waals surface area (Å²) in [5.41, 5.74) is 1.16. The normalized spacial score (nSPS) is 25.5. The Balaban J connectivity index is 1.69. The maximum absolute atomic E-state index is 11.7. The molecule has 2 aromatic rings. The number of benzene rings is 1. The minimum absolute atomic E-state index is 0.0261. The molecule has 0 saturated carbocycles. The Labute approximate surface area is 147 Å². The predicted octanol–water partition coefficient (Wildman–Crippen LogP) is 2.71. The quantitative estimate of drug-likeness (QED) is 0.823. The fraction of sp³-hybridized carbons (Fsp3) is 0.556. The lowest BCUT2D eigenvalue weighted by Gasteiger charge is -2.31. The summed E-state index contributed by atoms with van der Waals surface area (Å²) in [4.78, 5) is 0. The van der Waals surface area contributed by atoms with Gasteiger partial charge in [-0.2, -0.15) is 10.4 Å². The van der Waals surface area contributed by atoms with Crippen LogP contribution in [0.1, 0.15) is 43.9 Å². The minimum atomic E-state index is -3.01. The number of sulfone groups is 1. The SMILES string of the molecule is N#CC1(c2ccc3c(cnn3C3CCCCO3)c2)CCS(=O)(=O)CC1. The molecule has 3 heterocycles. The van der Waals surface area contributed by atoms with Crippen LogP contribution in [-0.2, 0) is 20.0 Å². The highest BCUT2D eigenvalue weighted by molar-refractivity contribution is 7.91. The summed E-state index contributed by atoms with van der Waals surface area (Å²) < 4.78 is 31.2. The average molecular weight is 359 g/mol. The summed E-state index contributed by atoms with van der Waals surface area (Å²) in [6, 6.07) is 8.31. The summed E-state index contributed by atoms with van der Waals surface area (Å²) in [5, 5.41) is 15.2. The number of hydrogen-bond acceptors (Lipinski definition) is 5. The third-order valence-electron chi connectivity index (χ3n) is 5.47. The second-order valence-corrected chi connectivity index (χ2v) is 9.33. The molecule has 1 atom stereocenters. The van der Waals surface area contributed by atoms with Gasteiger partial charge in [-0.15, -0.1) is 0 Å². The van der Waals surface area contributed by atoms with E-state index < -0.39 is 15.3 Å². The molecule has 132 valence electrons. The Bertz CT molecular complexity index is 922. The van der Waals surface area contributed by atoms with Crippen molar-refractivity contribution in [3.05, 3.63) is 30.0 Å². The van der Waals surface area contributed by atoms with Crippen molar-refractivity contribution in [2.45, 2.75) is 43.7 Å². The van der Waals surface area contributed by atoms with Crippen LogP contribution in [0.2, 0.25) is 0 Å². The van der Waals surface area contributed by atoms with Crippen LogP contribution in [0.25, 0.3) is 10.9 Å². The molecule has 7 heteroatoms. The fourth-order valence-electron chi connectivity index (χ4n) is 3.85. The van der Waals surface area contributed by atoms with Gasteiger partial charge in [0.05, 0.1) is 34.7 Å². The van der Waals surface area contributed by atoms with Crippen LogP contribution in [-0.4, -0.2) is 36.3 Å². The summed E-state index contributed by atoms with van der Waals surface area (Å²) in [6.45, 7) is 0.760. The highest BCUT2D eigenvalue weighted by Crippen LogP contribution is 2.37. The smallest absolute Gasteiger partial charge is 0.150 e. The Morgan fingerprint density at radius 2 is 2.08 bits per heavy atom. The molecule has 0 amide bonds. The van der Waals surface area contributed by atoms with Crippen LogP contribution >= 0.6 is 0 Å². The standard InChI is InChI=1S/C18H21N3O3S/c19-13-18(6-9-25(22,23)10-7-18)15-4-5-16-14(11-15)12-20-21(16)17-3-1-2-8-24-17/h4-5,11-12,17H,1-3,6-10H2. The second kappa shape index (κ2) is 6.11. The molecule has 0 aliphatic carbocycles. The molecular formula is C18H21N3O3S. The number of hydrogen-bond donors (Lipinski definition) is 0. The third-order valence-corrected chi connectivity index (χ3v) is 7.12. The number of aromatic nitrogens is 2. The van der Waals surface area contributed by atoms with E-state index in [4.69, 9.17) is 4.74 Å². The molecule has 2 fully saturated rings. The van der Waals surface area contributed by atoms with Crippen LogP contribution < -0.4 is 0 Å². The van der Waals surface area contributed by atoms with Crippen molar-refractivity contribution in [2.75, 3.05) is 18.1 Å². The van der Waals surface area contributed by atoms with Crippen molar-refractivity contribution < 1.29 is 13.2 Å². The van der Waals surface area contributed by atoms with E-state index in [2.05, 4.69) is 11.2 Å². The molecule has 1 aromatic carbocycles. The van der Waals surface area contributed by atoms with Gasteiger partial charge in [-0.05, 0) is 49.8 Å². The van der Waals surface area contributed by atoms with Crippen molar-refractivity contribution >= 4 is 20.7 Å². The Kier molecular flexibility index (Phi) is 4.05. The molecule has 1 aromatic heterocycles. The van der Waals surface area contributed by atoms with Crippen molar-refractivity contribution in [3.63, 3.8) is 0 Å². The molecule has 1 unspecified atom stereocenters. The van der Waals surface area contributed by atoms with Crippen molar-refractivity contribution in [2.24, 2.45) is 0 Å². The van der Waals surface area contributed by atoms with Gasteiger partial charge in [0.15, 0.2) is 6.23 Å². The summed E-state index contributed by atoms with van der Waals surface area (Å²) in [6.07, 6.45) is 5.68. The van der Waals surface area contributed by atoms with Gasteiger partial charge >= 0.3 is 0 Å². The molecule has 0 bridgehead atoms. The first-order valence-electron chi connectivity index (χ1n) is 8.74. The first kappa shape index (κ1) is 16.6. The number of fused-ring (bicyclic) bond motifs is 1.